The predicted octanol–water partition coefficient (Wildman–Crippen LogP) is 0.356. The fraction of sp³-hybridized carbons (Fsp3) is 0.727. The number of nitrogens with zero attached hydrogens (tertiary/aromatic N) is 3. The maximum Gasteiger partial charge on any atom is 0.0534 e. The van der Waals surface area contributed by atoms with Crippen molar-refractivity contribution in [3.8, 4) is 0 Å². The number of rotatable bonds is 2. The largest absolute Gasteiger partial charge is 0.312 e. The lowest BCUT2D eigenvalue weighted by Crippen LogP contribution is -2.33. The van der Waals surface area contributed by atoms with Crippen molar-refractivity contribution < 1.29 is 0 Å². The molecule has 0 radical (unpaired) electrons. The van der Waals surface area contributed by atoms with E-state index >= 15 is 0 Å². The smallest absolute Gasteiger partial charge is 0.0534 e. The molecule has 1 N–H and O–H groups in total. The molecule has 1 aromatic heterocycles. The van der Waals surface area contributed by atoms with Gasteiger partial charge in [0.2, 0.25) is 0 Å². The molecule has 3 heterocycles. The van der Waals surface area contributed by atoms with Crippen molar-refractivity contribution in [2.75, 3.05) is 13.1 Å². The molecule has 4 heteroatoms. The zero-order chi connectivity index (χ0) is 10.3. The van der Waals surface area contributed by atoms with E-state index in [9.17, 15) is 0 Å². The molecule has 1 aromatic rings. The highest BCUT2D eigenvalue weighted by Gasteiger charge is 2.36. The van der Waals surface area contributed by atoms with Crippen LogP contribution in [0.1, 0.15) is 18.4 Å². The Morgan fingerprint density at radius 2 is 2.47 bits per heavy atom. The average Bonchev–Trinajstić information content (AvgIpc) is 2.85. The summed E-state index contributed by atoms with van der Waals surface area (Å²) in [5.74, 6) is 0. The van der Waals surface area contributed by atoms with Crippen molar-refractivity contribution in [3.05, 3.63) is 18.0 Å². The number of hydrogen-bond donors (Lipinski definition) is 1. The molecule has 2 aliphatic rings. The Bertz CT molecular complexity index is 346. The lowest BCUT2D eigenvalue weighted by Gasteiger charge is -2.22. The first-order valence-corrected chi connectivity index (χ1v) is 5.78. The second-order valence-corrected chi connectivity index (χ2v) is 4.70. The van der Waals surface area contributed by atoms with E-state index in [0.29, 0.717) is 0 Å². The summed E-state index contributed by atoms with van der Waals surface area (Å²) in [7, 11) is 1.98. The Balaban J connectivity index is 1.68. The highest BCUT2D eigenvalue weighted by Crippen LogP contribution is 2.26. The van der Waals surface area contributed by atoms with Gasteiger partial charge in [0.1, 0.15) is 0 Å². The normalized spacial score (nSPS) is 31.0. The molecule has 0 spiro atoms. The fourth-order valence-electron chi connectivity index (χ4n) is 2.94. The van der Waals surface area contributed by atoms with Gasteiger partial charge in [0.15, 0.2) is 0 Å². The van der Waals surface area contributed by atoms with E-state index in [1.165, 1.54) is 31.5 Å². The van der Waals surface area contributed by atoms with Gasteiger partial charge in [-0.1, -0.05) is 0 Å². The van der Waals surface area contributed by atoms with Crippen LogP contribution in [0.25, 0.3) is 0 Å². The summed E-state index contributed by atoms with van der Waals surface area (Å²) in [5.41, 5.74) is 1.34. The second-order valence-electron chi connectivity index (χ2n) is 4.70. The maximum absolute atomic E-state index is 4.22. The predicted molar refractivity (Wildman–Crippen MR) is 58.4 cm³/mol. The summed E-state index contributed by atoms with van der Waals surface area (Å²) in [6.45, 7) is 3.49. The number of aryl methyl sites for hydroxylation is 1. The Morgan fingerprint density at radius 1 is 1.53 bits per heavy atom. The number of nitrogens with one attached hydrogen (secondary N) is 1. The minimum atomic E-state index is 0.752. The van der Waals surface area contributed by atoms with Gasteiger partial charge in [-0.15, -0.1) is 0 Å². The molecule has 0 aliphatic carbocycles. The van der Waals surface area contributed by atoms with Crippen molar-refractivity contribution in [1.29, 1.82) is 0 Å². The molecule has 0 saturated carbocycles. The van der Waals surface area contributed by atoms with Gasteiger partial charge in [-0.2, -0.15) is 5.10 Å². The monoisotopic (exact) mass is 206 g/mol. The first-order chi connectivity index (χ1) is 7.33. The van der Waals surface area contributed by atoms with Crippen LogP contribution in [-0.2, 0) is 13.6 Å². The van der Waals surface area contributed by atoms with E-state index in [-0.39, 0.29) is 0 Å². The number of likely N-dealkylation sites (tertiary alicyclic amines) is 1. The van der Waals surface area contributed by atoms with Gasteiger partial charge in [0, 0.05) is 44.0 Å². The van der Waals surface area contributed by atoms with E-state index in [1.807, 2.05) is 17.9 Å². The molecular weight excluding hydrogens is 188 g/mol. The molecule has 0 bridgehead atoms. The average molecular weight is 206 g/mol. The molecule has 0 aromatic carbocycles. The molecule has 2 fully saturated rings. The van der Waals surface area contributed by atoms with Gasteiger partial charge in [-0.3, -0.25) is 9.58 Å². The van der Waals surface area contributed by atoms with Crippen LogP contribution in [0.4, 0.5) is 0 Å². The molecule has 2 saturated heterocycles. The van der Waals surface area contributed by atoms with Crippen LogP contribution in [-0.4, -0.2) is 39.9 Å². The molecule has 82 valence electrons. The van der Waals surface area contributed by atoms with Crippen molar-refractivity contribution in [3.63, 3.8) is 0 Å². The van der Waals surface area contributed by atoms with Crippen LogP contribution in [0.2, 0.25) is 0 Å². The Labute approximate surface area is 90.3 Å². The highest BCUT2D eigenvalue weighted by atomic mass is 15.3. The van der Waals surface area contributed by atoms with Gasteiger partial charge in [0.05, 0.1) is 6.20 Å². The van der Waals surface area contributed by atoms with Gasteiger partial charge in [-0.25, -0.2) is 0 Å². The van der Waals surface area contributed by atoms with Crippen LogP contribution >= 0.6 is 0 Å². The van der Waals surface area contributed by atoms with Crippen molar-refractivity contribution in [1.82, 2.24) is 20.0 Å². The maximum atomic E-state index is 4.22. The summed E-state index contributed by atoms with van der Waals surface area (Å²) in [5, 5.41) is 7.80. The lowest BCUT2D eigenvalue weighted by molar-refractivity contribution is 0.245. The van der Waals surface area contributed by atoms with E-state index in [1.54, 1.807) is 0 Å². The highest BCUT2D eigenvalue weighted by molar-refractivity contribution is 5.06. The minimum Gasteiger partial charge on any atom is -0.312 e. The Hall–Kier alpha value is -0.870. The van der Waals surface area contributed by atoms with Crippen molar-refractivity contribution >= 4 is 0 Å². The van der Waals surface area contributed by atoms with Crippen molar-refractivity contribution in [2.45, 2.75) is 31.5 Å². The number of hydrogen-bond acceptors (Lipinski definition) is 3. The van der Waals surface area contributed by atoms with Crippen molar-refractivity contribution in [2.24, 2.45) is 7.05 Å². The molecule has 15 heavy (non-hydrogen) atoms. The molecule has 2 unspecified atom stereocenters. The van der Waals surface area contributed by atoms with E-state index in [0.717, 1.165) is 18.6 Å². The second kappa shape index (κ2) is 3.61. The first-order valence-electron chi connectivity index (χ1n) is 5.78. The number of fused-ring (bicyclic) bond motifs is 1. The van der Waals surface area contributed by atoms with Crippen LogP contribution in [0.5, 0.6) is 0 Å². The standard InChI is InChI=1S/C11H18N4/c1-14-7-9(6-13-14)8-15-5-3-10-11(15)2-4-12-10/h6-7,10-12H,2-5,8H2,1H3. The Kier molecular flexibility index (Phi) is 2.25. The van der Waals surface area contributed by atoms with Crippen LogP contribution in [0.3, 0.4) is 0 Å². The van der Waals surface area contributed by atoms with Gasteiger partial charge in [-0.05, 0) is 19.4 Å². The third-order valence-electron chi connectivity index (χ3n) is 3.65. The van der Waals surface area contributed by atoms with Crippen LogP contribution in [0.15, 0.2) is 12.4 Å². The van der Waals surface area contributed by atoms with Gasteiger partial charge < -0.3 is 5.32 Å². The summed E-state index contributed by atoms with van der Waals surface area (Å²) in [6, 6.07) is 1.52. The zero-order valence-corrected chi connectivity index (χ0v) is 9.19. The fourth-order valence-corrected chi connectivity index (χ4v) is 2.94. The molecular formula is C11H18N4. The minimum absolute atomic E-state index is 0.752. The van der Waals surface area contributed by atoms with Gasteiger partial charge in [0.25, 0.3) is 0 Å². The zero-order valence-electron chi connectivity index (χ0n) is 9.19. The van der Waals surface area contributed by atoms with E-state index in [2.05, 4.69) is 21.5 Å². The third-order valence-corrected chi connectivity index (χ3v) is 3.65. The van der Waals surface area contributed by atoms with Crippen LogP contribution < -0.4 is 5.32 Å². The van der Waals surface area contributed by atoms with E-state index in [4.69, 9.17) is 0 Å². The summed E-state index contributed by atoms with van der Waals surface area (Å²) < 4.78 is 1.88. The number of aromatic nitrogens is 2. The van der Waals surface area contributed by atoms with E-state index < -0.39 is 0 Å². The lowest BCUT2D eigenvalue weighted by atomic mass is 10.1. The Morgan fingerprint density at radius 3 is 3.27 bits per heavy atom. The summed E-state index contributed by atoms with van der Waals surface area (Å²) >= 11 is 0. The quantitative estimate of drug-likeness (QED) is 0.758. The SMILES string of the molecule is Cn1cc(CN2CCC3NCCC32)cn1. The molecule has 2 atom stereocenters. The molecule has 3 rings (SSSR count). The summed E-state index contributed by atoms with van der Waals surface area (Å²) in [4.78, 5) is 2.60. The van der Waals surface area contributed by atoms with Gasteiger partial charge >= 0.3 is 0 Å². The molecule has 2 aliphatic heterocycles. The summed E-state index contributed by atoms with van der Waals surface area (Å²) in [6.07, 6.45) is 6.72. The topological polar surface area (TPSA) is 33.1 Å². The molecule has 4 nitrogen and oxygen atoms in total. The third kappa shape index (κ3) is 1.68. The van der Waals surface area contributed by atoms with Crippen LogP contribution in [0, 0.1) is 0 Å². The first kappa shape index (κ1) is 9.36. The molecule has 0 amide bonds.